The minimum Gasteiger partial charge on any atom is -0.471 e. The van der Waals surface area contributed by atoms with Crippen molar-refractivity contribution < 1.29 is 14.3 Å². The third kappa shape index (κ3) is 734. The molecule has 0 atom stereocenters. The summed E-state index contributed by atoms with van der Waals surface area (Å²) in [6.45, 7) is 2.38. The number of carbonyl (C=O) groups excluding carboxylic acids is 2. The first-order valence-electron chi connectivity index (χ1n) is 1.17. The minimum absolute atomic E-state index is 0.375. The van der Waals surface area contributed by atoms with Crippen LogP contribution >= 0.6 is 0 Å². The largest absolute Gasteiger partial charge is 0.471 e. The highest BCUT2D eigenvalue weighted by Crippen LogP contribution is 1.35. The Labute approximate surface area is 35.9 Å². The number of hydrogen-bond donors (Lipinski definition) is 0. The van der Waals surface area contributed by atoms with E-state index in [9.17, 15) is 0 Å². The smallest absolute Gasteiger partial charge is 0.292 e. The van der Waals surface area contributed by atoms with E-state index in [0.29, 0.717) is 6.47 Å². The normalized spacial score (nSPS) is 4.17. The first-order valence-corrected chi connectivity index (χ1v) is 1.17. The van der Waals surface area contributed by atoms with E-state index >= 15 is 0 Å². The van der Waals surface area contributed by atoms with Crippen molar-refractivity contribution in [1.29, 1.82) is 0 Å². The van der Waals surface area contributed by atoms with E-state index in [2.05, 4.69) is 4.74 Å². The molecule has 0 saturated heterocycles. The van der Waals surface area contributed by atoms with Gasteiger partial charge in [-0.25, -0.2) is 0 Å². The molecule has 36 valence electrons. The average Bonchev–Trinajstić information content (AvgIpc) is 1.72. The number of hydrogen-bond acceptors (Lipinski definition) is 3. The molecule has 0 N–H and O–H groups in total. The van der Waals surface area contributed by atoms with Crippen molar-refractivity contribution in [2.24, 2.45) is 0 Å². The fourth-order valence-corrected chi connectivity index (χ4v) is 0. The van der Waals surface area contributed by atoms with Gasteiger partial charge in [-0.15, -0.1) is 0 Å². The van der Waals surface area contributed by atoms with Gasteiger partial charge in [-0.1, -0.05) is 0 Å². The van der Waals surface area contributed by atoms with Gasteiger partial charge in [0, 0.05) is 0 Å². The monoisotopic (exact) mass is 90.0 g/mol. The predicted octanol–water partition coefficient (Wildman–Crippen LogP) is -0.396. The highest BCUT2D eigenvalue weighted by atomic mass is 16.5. The molecular formula is C3H6O3. The van der Waals surface area contributed by atoms with Crippen LogP contribution in [-0.2, 0) is 14.3 Å². The van der Waals surface area contributed by atoms with Crippen LogP contribution in [0.2, 0.25) is 0 Å². The number of ether oxygens (including phenoxy) is 1. The zero-order valence-corrected chi connectivity index (χ0v) is 3.51. The molecule has 6 heavy (non-hydrogen) atoms. The predicted molar refractivity (Wildman–Crippen MR) is 20.2 cm³/mol. The molecule has 0 aromatic heterocycles. The molecule has 0 bridgehead atoms. The highest BCUT2D eigenvalue weighted by Gasteiger charge is 1.44. The maximum atomic E-state index is 8.95. The Morgan fingerprint density at radius 1 is 1.67 bits per heavy atom. The van der Waals surface area contributed by atoms with Crippen LogP contribution < -0.4 is 0 Å². The third-order valence-corrected chi connectivity index (χ3v) is 0.0962. The molecular weight excluding hydrogens is 84.0 g/mol. The van der Waals surface area contributed by atoms with Gasteiger partial charge in [0.15, 0.2) is 0 Å². The van der Waals surface area contributed by atoms with Crippen molar-refractivity contribution in [3.05, 3.63) is 0 Å². The van der Waals surface area contributed by atoms with Crippen LogP contribution in [0.5, 0.6) is 0 Å². The zero-order valence-electron chi connectivity index (χ0n) is 3.51. The molecule has 0 unspecified atom stereocenters. The van der Waals surface area contributed by atoms with Crippen molar-refractivity contribution >= 4 is 13.3 Å². The summed E-state index contributed by atoms with van der Waals surface area (Å²) in [7, 11) is 1.31. The first kappa shape index (κ1) is 8.94. The fraction of sp³-hybridized carbons (Fsp3) is 0.333. The molecule has 0 rings (SSSR count). The second-order valence-electron chi connectivity index (χ2n) is 0.332. The van der Waals surface area contributed by atoms with Crippen LogP contribution in [0, 0.1) is 0 Å². The Hall–Kier alpha value is -0.860. The topological polar surface area (TPSA) is 43.4 Å². The standard InChI is InChI=1S/C2H4O2.CH2O/c1-4-2-3;1-2/h2H,1H3;1H2. The summed E-state index contributed by atoms with van der Waals surface area (Å²) in [4.78, 5) is 17.0. The van der Waals surface area contributed by atoms with E-state index in [0.717, 1.165) is 0 Å². The molecule has 0 aromatic rings. The number of methoxy groups -OCH3 is 1. The quantitative estimate of drug-likeness (QED) is 0.411. The fourth-order valence-electron chi connectivity index (χ4n) is 0. The summed E-state index contributed by atoms with van der Waals surface area (Å²) in [6, 6.07) is 0. The minimum atomic E-state index is 0.375. The lowest BCUT2D eigenvalue weighted by Gasteiger charge is -1.67. The SMILES string of the molecule is C=O.COC=O. The lowest BCUT2D eigenvalue weighted by molar-refractivity contribution is -0.126. The van der Waals surface area contributed by atoms with Crippen molar-refractivity contribution in [1.82, 2.24) is 0 Å². The van der Waals surface area contributed by atoms with Gasteiger partial charge in [0.1, 0.15) is 6.79 Å². The molecule has 0 fully saturated rings. The Bertz CT molecular complexity index is 27.2. The number of carbonyl (C=O) groups is 2. The molecule has 0 amide bonds. The summed E-state index contributed by atoms with van der Waals surface area (Å²) in [6.07, 6.45) is 0. The van der Waals surface area contributed by atoms with Gasteiger partial charge in [0.2, 0.25) is 0 Å². The molecule has 3 heteroatoms. The summed E-state index contributed by atoms with van der Waals surface area (Å²) in [5, 5.41) is 0. The molecule has 0 radical (unpaired) electrons. The van der Waals surface area contributed by atoms with Gasteiger partial charge in [0.05, 0.1) is 7.11 Å². The van der Waals surface area contributed by atoms with Crippen LogP contribution in [0.15, 0.2) is 0 Å². The molecule has 0 saturated carbocycles. The van der Waals surface area contributed by atoms with Crippen LogP contribution in [0.1, 0.15) is 0 Å². The highest BCUT2D eigenvalue weighted by molar-refractivity contribution is 5.36. The summed E-state index contributed by atoms with van der Waals surface area (Å²) in [5.74, 6) is 0. The molecule has 3 nitrogen and oxygen atoms in total. The van der Waals surface area contributed by atoms with Crippen molar-refractivity contribution in [2.75, 3.05) is 7.11 Å². The van der Waals surface area contributed by atoms with Crippen molar-refractivity contribution in [3.8, 4) is 0 Å². The van der Waals surface area contributed by atoms with Crippen LogP contribution in [0.3, 0.4) is 0 Å². The third-order valence-electron chi connectivity index (χ3n) is 0.0962. The van der Waals surface area contributed by atoms with Crippen molar-refractivity contribution in [2.45, 2.75) is 0 Å². The lowest BCUT2D eigenvalue weighted by Crippen LogP contribution is -1.68. The summed E-state index contributed by atoms with van der Waals surface area (Å²) < 4.78 is 3.86. The van der Waals surface area contributed by atoms with Crippen LogP contribution in [-0.4, -0.2) is 20.4 Å². The Morgan fingerprint density at radius 2 is 1.83 bits per heavy atom. The van der Waals surface area contributed by atoms with Crippen molar-refractivity contribution in [3.63, 3.8) is 0 Å². The summed E-state index contributed by atoms with van der Waals surface area (Å²) >= 11 is 0. The van der Waals surface area contributed by atoms with E-state index in [-0.39, 0.29) is 0 Å². The van der Waals surface area contributed by atoms with E-state index < -0.39 is 0 Å². The first-order chi connectivity index (χ1) is 2.91. The van der Waals surface area contributed by atoms with Gasteiger partial charge < -0.3 is 9.53 Å². The average molecular weight is 90.1 g/mol. The second-order valence-corrected chi connectivity index (χ2v) is 0.332. The maximum Gasteiger partial charge on any atom is 0.292 e. The molecule has 0 aliphatic carbocycles. The number of rotatable bonds is 1. The van der Waals surface area contributed by atoms with Gasteiger partial charge in [0.25, 0.3) is 6.47 Å². The lowest BCUT2D eigenvalue weighted by atomic mass is 11.5. The molecule has 0 aromatic carbocycles. The van der Waals surface area contributed by atoms with E-state index in [1.807, 2.05) is 6.79 Å². The summed E-state index contributed by atoms with van der Waals surface area (Å²) in [5.41, 5.74) is 0. The second kappa shape index (κ2) is 31.4. The van der Waals surface area contributed by atoms with E-state index in [4.69, 9.17) is 9.59 Å². The molecule has 0 aliphatic rings. The van der Waals surface area contributed by atoms with E-state index in [1.54, 1.807) is 0 Å². The van der Waals surface area contributed by atoms with Crippen LogP contribution in [0.4, 0.5) is 0 Å². The maximum absolute atomic E-state index is 8.95. The Kier molecular flexibility index (Phi) is 46.8. The van der Waals surface area contributed by atoms with E-state index in [1.165, 1.54) is 7.11 Å². The zero-order chi connectivity index (χ0) is 5.41. The van der Waals surface area contributed by atoms with Gasteiger partial charge in [-0.2, -0.15) is 0 Å². The van der Waals surface area contributed by atoms with Crippen LogP contribution in [0.25, 0.3) is 0 Å². The Morgan fingerprint density at radius 3 is 1.83 bits per heavy atom. The molecule has 0 spiro atoms. The Balaban J connectivity index is 0. The molecule has 0 heterocycles. The van der Waals surface area contributed by atoms with Gasteiger partial charge >= 0.3 is 0 Å². The van der Waals surface area contributed by atoms with Gasteiger partial charge in [-0.05, 0) is 0 Å². The van der Waals surface area contributed by atoms with Gasteiger partial charge in [-0.3, -0.25) is 4.79 Å². The molecule has 0 aliphatic heterocycles.